The highest BCUT2D eigenvalue weighted by atomic mass is 127. The summed E-state index contributed by atoms with van der Waals surface area (Å²) in [5.41, 5.74) is 1.57. The summed E-state index contributed by atoms with van der Waals surface area (Å²) < 4.78 is 13.9. The predicted octanol–water partition coefficient (Wildman–Crippen LogP) is 4.67. The first-order valence-corrected chi connectivity index (χ1v) is 7.35. The Morgan fingerprint density at radius 3 is 2.45 bits per heavy atom. The maximum absolute atomic E-state index is 13.2. The van der Waals surface area contributed by atoms with Crippen molar-refractivity contribution in [1.29, 1.82) is 0 Å². The van der Waals surface area contributed by atoms with Crippen molar-refractivity contribution in [3.63, 3.8) is 0 Å². The van der Waals surface area contributed by atoms with Crippen LogP contribution in [0, 0.1) is 9.39 Å². The van der Waals surface area contributed by atoms with Gasteiger partial charge in [0.05, 0.1) is 0 Å². The minimum atomic E-state index is -0.756. The zero-order valence-electron chi connectivity index (χ0n) is 10.6. The monoisotopic (exact) mass is 378 g/mol. The SMILES string of the molecule is OC(c1ccc(F)cc1I)c1cccc2ccccc12. The fourth-order valence-electron chi connectivity index (χ4n) is 2.38. The third-order valence-corrected chi connectivity index (χ3v) is 4.31. The third kappa shape index (κ3) is 2.43. The van der Waals surface area contributed by atoms with Crippen LogP contribution in [0.1, 0.15) is 17.2 Å². The maximum Gasteiger partial charge on any atom is 0.124 e. The van der Waals surface area contributed by atoms with Gasteiger partial charge in [-0.2, -0.15) is 0 Å². The van der Waals surface area contributed by atoms with Gasteiger partial charge >= 0.3 is 0 Å². The van der Waals surface area contributed by atoms with Crippen molar-refractivity contribution in [3.05, 3.63) is 81.2 Å². The second-order valence-electron chi connectivity index (χ2n) is 4.64. The molecule has 0 aliphatic rings. The summed E-state index contributed by atoms with van der Waals surface area (Å²) in [6.45, 7) is 0. The Kier molecular flexibility index (Phi) is 3.72. The molecule has 3 aromatic carbocycles. The Balaban J connectivity index is 2.15. The summed E-state index contributed by atoms with van der Waals surface area (Å²) >= 11 is 2.05. The number of hydrogen-bond acceptors (Lipinski definition) is 1. The molecule has 0 heterocycles. The second-order valence-corrected chi connectivity index (χ2v) is 5.80. The number of fused-ring (bicyclic) bond motifs is 1. The summed E-state index contributed by atoms with van der Waals surface area (Å²) in [6, 6.07) is 18.2. The van der Waals surface area contributed by atoms with Crippen LogP contribution in [0.15, 0.2) is 60.7 Å². The minimum absolute atomic E-state index is 0.289. The van der Waals surface area contributed by atoms with Crippen molar-refractivity contribution in [2.75, 3.05) is 0 Å². The van der Waals surface area contributed by atoms with Crippen molar-refractivity contribution < 1.29 is 9.50 Å². The van der Waals surface area contributed by atoms with Gasteiger partial charge in [-0.05, 0) is 56.6 Å². The van der Waals surface area contributed by atoms with E-state index < -0.39 is 6.10 Å². The smallest absolute Gasteiger partial charge is 0.124 e. The second kappa shape index (κ2) is 5.50. The lowest BCUT2D eigenvalue weighted by molar-refractivity contribution is 0.221. The lowest BCUT2D eigenvalue weighted by Gasteiger charge is -2.15. The molecule has 1 atom stereocenters. The molecular formula is C17H12FIO. The number of benzene rings is 3. The largest absolute Gasteiger partial charge is 0.384 e. The molecule has 0 saturated carbocycles. The van der Waals surface area contributed by atoms with Crippen LogP contribution in [0.3, 0.4) is 0 Å². The third-order valence-electron chi connectivity index (χ3n) is 3.38. The van der Waals surface area contributed by atoms with Gasteiger partial charge in [-0.15, -0.1) is 0 Å². The van der Waals surface area contributed by atoms with E-state index in [1.54, 1.807) is 6.07 Å². The molecular weight excluding hydrogens is 366 g/mol. The van der Waals surface area contributed by atoms with Gasteiger partial charge < -0.3 is 5.11 Å². The number of halogens is 2. The van der Waals surface area contributed by atoms with E-state index in [0.717, 1.165) is 25.5 Å². The van der Waals surface area contributed by atoms with Crippen LogP contribution in [-0.2, 0) is 0 Å². The lowest BCUT2D eigenvalue weighted by atomic mass is 9.96. The van der Waals surface area contributed by atoms with Crippen LogP contribution in [0.4, 0.5) is 4.39 Å². The van der Waals surface area contributed by atoms with E-state index in [9.17, 15) is 9.50 Å². The molecule has 3 heteroatoms. The summed E-state index contributed by atoms with van der Waals surface area (Å²) in [5, 5.41) is 12.7. The Hall–Kier alpha value is -1.46. The van der Waals surface area contributed by atoms with Crippen molar-refractivity contribution >= 4 is 33.4 Å². The molecule has 0 aromatic heterocycles. The first kappa shape index (κ1) is 13.5. The Bertz CT molecular complexity index is 765. The maximum atomic E-state index is 13.2. The highest BCUT2D eigenvalue weighted by Crippen LogP contribution is 2.31. The summed E-state index contributed by atoms with van der Waals surface area (Å²) in [4.78, 5) is 0. The zero-order chi connectivity index (χ0) is 14.1. The number of rotatable bonds is 2. The van der Waals surface area contributed by atoms with Gasteiger partial charge in [0.2, 0.25) is 0 Å². The molecule has 0 aliphatic carbocycles. The van der Waals surface area contributed by atoms with Crippen LogP contribution in [0.25, 0.3) is 10.8 Å². The van der Waals surface area contributed by atoms with E-state index in [1.165, 1.54) is 12.1 Å². The fraction of sp³-hybridized carbons (Fsp3) is 0.0588. The molecule has 1 N–H and O–H groups in total. The molecule has 1 nitrogen and oxygen atoms in total. The van der Waals surface area contributed by atoms with Gasteiger partial charge in [0.1, 0.15) is 11.9 Å². The average Bonchev–Trinajstić information content (AvgIpc) is 2.46. The van der Waals surface area contributed by atoms with Crippen LogP contribution in [0.5, 0.6) is 0 Å². The Labute approximate surface area is 130 Å². The Morgan fingerprint density at radius 2 is 1.65 bits per heavy atom. The average molecular weight is 378 g/mol. The quantitative estimate of drug-likeness (QED) is 0.643. The molecule has 0 spiro atoms. The van der Waals surface area contributed by atoms with Gasteiger partial charge in [-0.3, -0.25) is 0 Å². The van der Waals surface area contributed by atoms with Crippen LogP contribution in [-0.4, -0.2) is 5.11 Å². The summed E-state index contributed by atoms with van der Waals surface area (Å²) in [7, 11) is 0. The highest BCUT2D eigenvalue weighted by molar-refractivity contribution is 14.1. The molecule has 100 valence electrons. The van der Waals surface area contributed by atoms with Gasteiger partial charge in [0, 0.05) is 3.57 Å². The number of aliphatic hydroxyl groups is 1. The fourth-order valence-corrected chi connectivity index (χ4v) is 3.15. The molecule has 0 radical (unpaired) electrons. The van der Waals surface area contributed by atoms with E-state index >= 15 is 0 Å². The van der Waals surface area contributed by atoms with Gasteiger partial charge in [-0.1, -0.05) is 48.5 Å². The lowest BCUT2D eigenvalue weighted by Crippen LogP contribution is -2.03. The minimum Gasteiger partial charge on any atom is -0.384 e. The molecule has 0 fully saturated rings. The van der Waals surface area contributed by atoms with Gasteiger partial charge in [0.25, 0.3) is 0 Å². The van der Waals surface area contributed by atoms with Crippen LogP contribution < -0.4 is 0 Å². The first-order valence-electron chi connectivity index (χ1n) is 6.27. The van der Waals surface area contributed by atoms with Crippen LogP contribution >= 0.6 is 22.6 Å². The standard InChI is InChI=1S/C17H12FIO/c18-12-8-9-15(16(19)10-12)17(20)14-7-3-5-11-4-1-2-6-13(11)14/h1-10,17,20H. The first-order chi connectivity index (χ1) is 9.66. The molecule has 0 saturated heterocycles. The molecule has 1 unspecified atom stereocenters. The molecule has 3 rings (SSSR count). The molecule has 0 bridgehead atoms. The number of aliphatic hydroxyl groups excluding tert-OH is 1. The van der Waals surface area contributed by atoms with E-state index in [0.29, 0.717) is 0 Å². The highest BCUT2D eigenvalue weighted by Gasteiger charge is 2.16. The van der Waals surface area contributed by atoms with Crippen molar-refractivity contribution in [1.82, 2.24) is 0 Å². The summed E-state index contributed by atoms with van der Waals surface area (Å²) in [5.74, 6) is -0.289. The number of hydrogen-bond donors (Lipinski definition) is 1. The van der Waals surface area contributed by atoms with E-state index in [2.05, 4.69) is 22.6 Å². The predicted molar refractivity (Wildman–Crippen MR) is 87.1 cm³/mol. The molecule has 20 heavy (non-hydrogen) atoms. The topological polar surface area (TPSA) is 20.2 Å². The Morgan fingerprint density at radius 1 is 0.900 bits per heavy atom. The molecule has 3 aromatic rings. The zero-order valence-corrected chi connectivity index (χ0v) is 12.7. The van der Waals surface area contributed by atoms with Crippen molar-refractivity contribution in [2.45, 2.75) is 6.10 Å². The van der Waals surface area contributed by atoms with E-state index in [4.69, 9.17) is 0 Å². The molecule has 0 aliphatic heterocycles. The van der Waals surface area contributed by atoms with Crippen molar-refractivity contribution in [2.24, 2.45) is 0 Å². The van der Waals surface area contributed by atoms with Crippen LogP contribution in [0.2, 0.25) is 0 Å². The molecule has 0 amide bonds. The van der Waals surface area contributed by atoms with E-state index in [-0.39, 0.29) is 5.82 Å². The van der Waals surface area contributed by atoms with E-state index in [1.807, 2.05) is 42.5 Å². The van der Waals surface area contributed by atoms with Gasteiger partial charge in [-0.25, -0.2) is 4.39 Å². The van der Waals surface area contributed by atoms with Gasteiger partial charge in [0.15, 0.2) is 0 Å². The normalized spacial score (nSPS) is 12.6. The summed E-state index contributed by atoms with van der Waals surface area (Å²) in [6.07, 6.45) is -0.756. The van der Waals surface area contributed by atoms with Crippen molar-refractivity contribution in [3.8, 4) is 0 Å².